The first kappa shape index (κ1) is 18.0. The summed E-state index contributed by atoms with van der Waals surface area (Å²) in [5.74, 6) is 2.00. The van der Waals surface area contributed by atoms with E-state index in [4.69, 9.17) is 10.5 Å². The van der Waals surface area contributed by atoms with E-state index in [1.807, 2.05) is 47.4 Å². The Balaban J connectivity index is 1.23. The normalized spacial score (nSPS) is 17.6. The zero-order valence-electron chi connectivity index (χ0n) is 16.3. The summed E-state index contributed by atoms with van der Waals surface area (Å²) in [6.07, 6.45) is 10.4. The summed E-state index contributed by atoms with van der Waals surface area (Å²) in [5.41, 5.74) is 7.57. The van der Waals surface area contributed by atoms with E-state index in [1.165, 1.54) is 18.4 Å². The van der Waals surface area contributed by atoms with Gasteiger partial charge in [0.15, 0.2) is 0 Å². The molecule has 150 valence electrons. The second kappa shape index (κ2) is 7.39. The van der Waals surface area contributed by atoms with Gasteiger partial charge in [-0.2, -0.15) is 0 Å². The zero-order valence-corrected chi connectivity index (χ0v) is 16.3. The highest BCUT2D eigenvalue weighted by Gasteiger charge is 2.26. The van der Waals surface area contributed by atoms with Gasteiger partial charge in [0.2, 0.25) is 11.9 Å². The van der Waals surface area contributed by atoms with Crippen molar-refractivity contribution in [1.29, 1.82) is 0 Å². The average Bonchev–Trinajstić information content (AvgIpc) is 3.51. The zero-order chi connectivity index (χ0) is 19.8. The van der Waals surface area contributed by atoms with Crippen LogP contribution in [0, 0.1) is 0 Å². The number of carbonyl (C=O) groups is 1. The third-order valence-electron chi connectivity index (χ3n) is 5.83. The maximum absolute atomic E-state index is 11.3. The smallest absolute Gasteiger partial charge is 0.237 e. The summed E-state index contributed by atoms with van der Waals surface area (Å²) in [5, 5.41) is 1.01. The predicted octanol–water partition coefficient (Wildman–Crippen LogP) is 2.84. The Morgan fingerprint density at radius 1 is 1.10 bits per heavy atom. The number of nitrogens with two attached hydrogens (primary N) is 1. The number of anilines is 1. The van der Waals surface area contributed by atoms with Crippen LogP contribution >= 0.6 is 0 Å². The minimum atomic E-state index is -0.353. The van der Waals surface area contributed by atoms with Gasteiger partial charge in [0, 0.05) is 49.9 Å². The lowest BCUT2D eigenvalue weighted by molar-refractivity contribution is -0.118. The van der Waals surface area contributed by atoms with Crippen LogP contribution in [0.15, 0.2) is 42.9 Å². The molecule has 1 saturated carbocycles. The molecule has 5 rings (SSSR count). The summed E-state index contributed by atoms with van der Waals surface area (Å²) in [6.45, 7) is 1.93. The fourth-order valence-corrected chi connectivity index (χ4v) is 4.08. The van der Waals surface area contributed by atoms with Crippen molar-refractivity contribution in [2.24, 2.45) is 5.73 Å². The molecule has 7 heteroatoms. The molecule has 2 fully saturated rings. The van der Waals surface area contributed by atoms with E-state index in [2.05, 4.69) is 14.9 Å². The van der Waals surface area contributed by atoms with Crippen molar-refractivity contribution < 1.29 is 9.53 Å². The number of amides is 1. The second-order valence-corrected chi connectivity index (χ2v) is 7.99. The van der Waals surface area contributed by atoms with Crippen LogP contribution in [-0.2, 0) is 11.3 Å². The standard InChI is InChI=1S/C22H25N5O2/c23-21(28)14-27-11-8-18-19(27)2-1-3-20(18)29-17-6-9-26(10-7-17)22-24-12-16(13-25-22)15-4-5-15/h1-3,8,11-13,15,17H,4-7,9-10,14H2,(H2,23,28). The maximum atomic E-state index is 11.3. The van der Waals surface area contributed by atoms with Crippen LogP contribution in [0.2, 0.25) is 0 Å². The van der Waals surface area contributed by atoms with Crippen molar-refractivity contribution in [1.82, 2.24) is 14.5 Å². The van der Waals surface area contributed by atoms with Gasteiger partial charge in [-0.05, 0) is 42.5 Å². The van der Waals surface area contributed by atoms with Crippen LogP contribution in [0.4, 0.5) is 5.95 Å². The number of nitrogens with zero attached hydrogens (tertiary/aromatic N) is 4. The fraction of sp³-hybridized carbons (Fsp3) is 0.409. The Labute approximate surface area is 169 Å². The molecular weight excluding hydrogens is 366 g/mol. The third-order valence-corrected chi connectivity index (χ3v) is 5.83. The lowest BCUT2D eigenvalue weighted by atomic mass is 10.1. The monoisotopic (exact) mass is 391 g/mol. The van der Waals surface area contributed by atoms with Crippen molar-refractivity contribution in [3.63, 3.8) is 0 Å². The number of aromatic nitrogens is 3. The van der Waals surface area contributed by atoms with Crippen LogP contribution in [-0.4, -0.2) is 39.6 Å². The molecule has 29 heavy (non-hydrogen) atoms. The topological polar surface area (TPSA) is 86.3 Å². The number of hydrogen-bond acceptors (Lipinski definition) is 5. The van der Waals surface area contributed by atoms with Crippen LogP contribution in [0.5, 0.6) is 5.75 Å². The van der Waals surface area contributed by atoms with Gasteiger partial charge in [-0.15, -0.1) is 0 Å². The SMILES string of the molecule is NC(=O)Cn1ccc2c(OC3CCN(c4ncc(C5CC5)cn4)CC3)cccc21. The highest BCUT2D eigenvalue weighted by Crippen LogP contribution is 2.39. The number of ether oxygens (including phenoxy) is 1. The van der Waals surface area contributed by atoms with Crippen LogP contribution in [0.25, 0.3) is 10.9 Å². The van der Waals surface area contributed by atoms with Crippen molar-refractivity contribution in [3.05, 3.63) is 48.4 Å². The Morgan fingerprint density at radius 3 is 2.55 bits per heavy atom. The minimum Gasteiger partial charge on any atom is -0.490 e. The van der Waals surface area contributed by atoms with Crippen molar-refractivity contribution >= 4 is 22.8 Å². The quantitative estimate of drug-likeness (QED) is 0.698. The summed E-state index contributed by atoms with van der Waals surface area (Å²) in [7, 11) is 0. The van der Waals surface area contributed by atoms with Gasteiger partial charge in [0.1, 0.15) is 18.4 Å². The third kappa shape index (κ3) is 3.77. The second-order valence-electron chi connectivity index (χ2n) is 7.99. The van der Waals surface area contributed by atoms with Gasteiger partial charge in [-0.1, -0.05) is 6.07 Å². The van der Waals surface area contributed by atoms with Crippen molar-refractivity contribution in [2.75, 3.05) is 18.0 Å². The van der Waals surface area contributed by atoms with E-state index >= 15 is 0 Å². The van der Waals surface area contributed by atoms with E-state index in [0.717, 1.165) is 48.5 Å². The van der Waals surface area contributed by atoms with Crippen molar-refractivity contribution in [2.45, 2.75) is 44.2 Å². The lowest BCUT2D eigenvalue weighted by Gasteiger charge is -2.32. The molecule has 2 aliphatic rings. The molecule has 0 spiro atoms. The first-order chi connectivity index (χ1) is 14.2. The molecule has 1 aliphatic carbocycles. The molecule has 0 atom stereocenters. The average molecular weight is 391 g/mol. The molecule has 2 aromatic heterocycles. The molecule has 7 nitrogen and oxygen atoms in total. The summed E-state index contributed by atoms with van der Waals surface area (Å²) in [6, 6.07) is 7.91. The van der Waals surface area contributed by atoms with Gasteiger partial charge in [-0.25, -0.2) is 9.97 Å². The Bertz CT molecular complexity index is 1020. The largest absolute Gasteiger partial charge is 0.490 e. The molecule has 2 N–H and O–H groups in total. The van der Waals surface area contributed by atoms with Crippen LogP contribution in [0.3, 0.4) is 0 Å². The number of benzene rings is 1. The molecule has 0 bridgehead atoms. The molecule has 1 aromatic carbocycles. The van der Waals surface area contributed by atoms with E-state index in [-0.39, 0.29) is 18.6 Å². The number of piperidine rings is 1. The summed E-state index contributed by atoms with van der Waals surface area (Å²) < 4.78 is 8.19. The van der Waals surface area contributed by atoms with E-state index in [1.54, 1.807) is 0 Å². The Kier molecular flexibility index (Phi) is 4.58. The van der Waals surface area contributed by atoms with Gasteiger partial charge >= 0.3 is 0 Å². The minimum absolute atomic E-state index is 0.155. The van der Waals surface area contributed by atoms with Gasteiger partial charge in [0.25, 0.3) is 0 Å². The number of fused-ring (bicyclic) bond motifs is 1. The lowest BCUT2D eigenvalue weighted by Crippen LogP contribution is -2.39. The van der Waals surface area contributed by atoms with E-state index in [0.29, 0.717) is 5.92 Å². The first-order valence-corrected chi connectivity index (χ1v) is 10.3. The molecule has 1 saturated heterocycles. The van der Waals surface area contributed by atoms with E-state index in [9.17, 15) is 4.79 Å². The molecule has 1 amide bonds. The van der Waals surface area contributed by atoms with Crippen LogP contribution < -0.4 is 15.4 Å². The number of carbonyl (C=O) groups excluding carboxylic acids is 1. The molecule has 3 aromatic rings. The van der Waals surface area contributed by atoms with Crippen LogP contribution in [0.1, 0.15) is 37.2 Å². The van der Waals surface area contributed by atoms with Crippen molar-refractivity contribution in [3.8, 4) is 5.75 Å². The summed E-state index contributed by atoms with van der Waals surface area (Å²) in [4.78, 5) is 22.7. The Hall–Kier alpha value is -3.09. The molecule has 1 aliphatic heterocycles. The number of primary amides is 1. The molecule has 3 heterocycles. The molecule has 0 radical (unpaired) electrons. The predicted molar refractivity (Wildman–Crippen MR) is 111 cm³/mol. The molecule has 0 unspecified atom stereocenters. The van der Waals surface area contributed by atoms with Gasteiger partial charge < -0.3 is 19.9 Å². The van der Waals surface area contributed by atoms with Gasteiger partial charge in [0.05, 0.1) is 5.52 Å². The fourth-order valence-electron chi connectivity index (χ4n) is 4.08. The Morgan fingerprint density at radius 2 is 1.86 bits per heavy atom. The number of rotatable bonds is 6. The highest BCUT2D eigenvalue weighted by atomic mass is 16.5. The first-order valence-electron chi connectivity index (χ1n) is 10.3. The van der Waals surface area contributed by atoms with E-state index < -0.39 is 0 Å². The maximum Gasteiger partial charge on any atom is 0.237 e. The molecular formula is C22H25N5O2. The summed E-state index contributed by atoms with van der Waals surface area (Å²) >= 11 is 0. The van der Waals surface area contributed by atoms with Gasteiger partial charge in [-0.3, -0.25) is 4.79 Å². The number of hydrogen-bond donors (Lipinski definition) is 1. The highest BCUT2D eigenvalue weighted by molar-refractivity contribution is 5.87.